The highest BCUT2D eigenvalue weighted by Crippen LogP contribution is 1.84. The lowest BCUT2D eigenvalue weighted by Crippen LogP contribution is -2.43. The molecule has 6 nitrogen and oxygen atoms in total. The Morgan fingerprint density at radius 3 is 2.59 bits per heavy atom. The second-order valence-corrected chi connectivity index (χ2v) is 5.45. The molecule has 0 aromatic rings. The van der Waals surface area contributed by atoms with Gasteiger partial charge in [-0.05, 0) is 19.9 Å². The topological polar surface area (TPSA) is 87.3 Å². The summed E-state index contributed by atoms with van der Waals surface area (Å²) in [5, 5.41) is 5.51. The molecule has 0 saturated heterocycles. The van der Waals surface area contributed by atoms with Gasteiger partial charge < -0.3 is 10.6 Å². The highest BCUT2D eigenvalue weighted by atomic mass is 32.2. The minimum Gasteiger partial charge on any atom is -0.344 e. The SMILES string of the molecule is C#CCNC(=O)C(C)NCCCNS(C)(=O)=O. The molecule has 0 rings (SSSR count). The first kappa shape index (κ1) is 15.9. The Bertz CT molecular complexity index is 373. The molecule has 1 amide bonds. The number of carbonyl (C=O) groups excluding carboxylic acids is 1. The van der Waals surface area contributed by atoms with Gasteiger partial charge in [-0.2, -0.15) is 0 Å². The molecular weight excluding hydrogens is 242 g/mol. The van der Waals surface area contributed by atoms with Crippen LogP contribution in [0.2, 0.25) is 0 Å². The maximum atomic E-state index is 11.3. The van der Waals surface area contributed by atoms with E-state index in [4.69, 9.17) is 6.42 Å². The molecule has 3 N–H and O–H groups in total. The minimum absolute atomic E-state index is 0.168. The lowest BCUT2D eigenvalue weighted by atomic mass is 10.3. The Morgan fingerprint density at radius 2 is 2.06 bits per heavy atom. The number of amides is 1. The summed E-state index contributed by atoms with van der Waals surface area (Å²) in [6.07, 6.45) is 6.73. The van der Waals surface area contributed by atoms with Crippen molar-refractivity contribution in [3.63, 3.8) is 0 Å². The van der Waals surface area contributed by atoms with E-state index in [9.17, 15) is 13.2 Å². The molecule has 0 radical (unpaired) electrons. The molecule has 0 aliphatic heterocycles. The van der Waals surface area contributed by atoms with E-state index in [1.54, 1.807) is 6.92 Å². The first-order chi connectivity index (χ1) is 7.87. The zero-order valence-electron chi connectivity index (χ0n) is 10.1. The van der Waals surface area contributed by atoms with Crippen molar-refractivity contribution < 1.29 is 13.2 Å². The maximum Gasteiger partial charge on any atom is 0.237 e. The quantitative estimate of drug-likeness (QED) is 0.372. The van der Waals surface area contributed by atoms with Gasteiger partial charge in [0.05, 0.1) is 18.8 Å². The zero-order chi connectivity index (χ0) is 13.3. The molecule has 1 atom stereocenters. The monoisotopic (exact) mass is 261 g/mol. The van der Waals surface area contributed by atoms with Crippen molar-refractivity contribution in [3.8, 4) is 12.3 Å². The fourth-order valence-corrected chi connectivity index (χ4v) is 1.56. The normalized spacial score (nSPS) is 12.8. The van der Waals surface area contributed by atoms with Crippen LogP contribution in [0.1, 0.15) is 13.3 Å². The standard InChI is InChI=1S/C10H19N3O3S/c1-4-6-12-10(14)9(2)11-7-5-8-13-17(3,15)16/h1,9,11,13H,5-8H2,2-3H3,(H,12,14). The summed E-state index contributed by atoms with van der Waals surface area (Å²) in [7, 11) is -3.13. The third kappa shape index (κ3) is 9.81. The van der Waals surface area contributed by atoms with Crippen molar-refractivity contribution in [1.29, 1.82) is 0 Å². The Kier molecular flexibility index (Phi) is 7.54. The summed E-state index contributed by atoms with van der Waals surface area (Å²) < 4.78 is 23.8. The Labute approximate surface area is 103 Å². The number of hydrogen-bond acceptors (Lipinski definition) is 4. The van der Waals surface area contributed by atoms with Crippen LogP contribution in [-0.2, 0) is 14.8 Å². The van der Waals surface area contributed by atoms with Gasteiger partial charge in [0, 0.05) is 6.54 Å². The lowest BCUT2D eigenvalue weighted by Gasteiger charge is -2.12. The number of carbonyl (C=O) groups is 1. The molecule has 0 aromatic carbocycles. The first-order valence-corrected chi connectivity index (χ1v) is 7.15. The predicted octanol–water partition coefficient (Wildman–Crippen LogP) is -1.35. The fourth-order valence-electron chi connectivity index (χ4n) is 1.05. The first-order valence-electron chi connectivity index (χ1n) is 5.26. The molecular formula is C10H19N3O3S. The molecule has 0 saturated carbocycles. The number of nitrogens with one attached hydrogen (secondary N) is 3. The van der Waals surface area contributed by atoms with Crippen LogP contribution < -0.4 is 15.4 Å². The molecule has 98 valence electrons. The predicted molar refractivity (Wildman–Crippen MR) is 66.8 cm³/mol. The van der Waals surface area contributed by atoms with Gasteiger partial charge in [0.1, 0.15) is 0 Å². The van der Waals surface area contributed by atoms with Gasteiger partial charge in [0.15, 0.2) is 0 Å². The summed E-state index contributed by atoms with van der Waals surface area (Å²) in [5.74, 6) is 2.14. The summed E-state index contributed by atoms with van der Waals surface area (Å²) in [4.78, 5) is 11.3. The van der Waals surface area contributed by atoms with E-state index in [-0.39, 0.29) is 18.5 Å². The van der Waals surface area contributed by atoms with E-state index >= 15 is 0 Å². The van der Waals surface area contributed by atoms with E-state index in [1.807, 2.05) is 0 Å². The average molecular weight is 261 g/mol. The second kappa shape index (κ2) is 8.06. The van der Waals surface area contributed by atoms with Crippen LogP contribution in [0.4, 0.5) is 0 Å². The average Bonchev–Trinajstić information content (AvgIpc) is 2.23. The Balaban J connectivity index is 3.61. The van der Waals surface area contributed by atoms with Crippen molar-refractivity contribution in [2.45, 2.75) is 19.4 Å². The van der Waals surface area contributed by atoms with E-state index in [2.05, 4.69) is 21.3 Å². The van der Waals surface area contributed by atoms with Crippen molar-refractivity contribution in [1.82, 2.24) is 15.4 Å². The van der Waals surface area contributed by atoms with Crippen LogP contribution in [0, 0.1) is 12.3 Å². The third-order valence-corrected chi connectivity index (χ3v) is 2.65. The number of hydrogen-bond donors (Lipinski definition) is 3. The summed E-state index contributed by atoms with van der Waals surface area (Å²) in [5.41, 5.74) is 0. The smallest absolute Gasteiger partial charge is 0.237 e. The van der Waals surface area contributed by atoms with Gasteiger partial charge in [-0.15, -0.1) is 6.42 Å². The molecule has 0 aliphatic rings. The van der Waals surface area contributed by atoms with E-state index in [0.717, 1.165) is 6.26 Å². The van der Waals surface area contributed by atoms with Gasteiger partial charge in [-0.3, -0.25) is 4.79 Å². The molecule has 0 bridgehead atoms. The molecule has 17 heavy (non-hydrogen) atoms. The zero-order valence-corrected chi connectivity index (χ0v) is 10.9. The van der Waals surface area contributed by atoms with Gasteiger partial charge in [-0.1, -0.05) is 5.92 Å². The van der Waals surface area contributed by atoms with Crippen LogP contribution in [-0.4, -0.2) is 46.3 Å². The van der Waals surface area contributed by atoms with E-state index < -0.39 is 10.0 Å². The van der Waals surface area contributed by atoms with Gasteiger partial charge in [-0.25, -0.2) is 13.1 Å². The number of terminal acetylenes is 1. The largest absolute Gasteiger partial charge is 0.344 e. The summed E-state index contributed by atoms with van der Waals surface area (Å²) in [6.45, 7) is 2.83. The van der Waals surface area contributed by atoms with Crippen LogP contribution in [0.3, 0.4) is 0 Å². The van der Waals surface area contributed by atoms with Gasteiger partial charge in [0.25, 0.3) is 0 Å². The van der Waals surface area contributed by atoms with Crippen LogP contribution in [0.5, 0.6) is 0 Å². The second-order valence-electron chi connectivity index (χ2n) is 3.62. The van der Waals surface area contributed by atoms with E-state index in [0.29, 0.717) is 19.5 Å². The Hall–Kier alpha value is -1.10. The highest BCUT2D eigenvalue weighted by Gasteiger charge is 2.10. The van der Waals surface area contributed by atoms with Crippen molar-refractivity contribution in [3.05, 3.63) is 0 Å². The van der Waals surface area contributed by atoms with Crippen molar-refractivity contribution in [2.24, 2.45) is 0 Å². The van der Waals surface area contributed by atoms with Crippen molar-refractivity contribution in [2.75, 3.05) is 25.9 Å². The third-order valence-electron chi connectivity index (χ3n) is 1.93. The fraction of sp³-hybridized carbons (Fsp3) is 0.700. The van der Waals surface area contributed by atoms with Crippen LogP contribution >= 0.6 is 0 Å². The molecule has 0 aromatic heterocycles. The van der Waals surface area contributed by atoms with Crippen LogP contribution in [0.25, 0.3) is 0 Å². The van der Waals surface area contributed by atoms with Gasteiger partial charge in [0.2, 0.25) is 15.9 Å². The molecule has 0 fully saturated rings. The van der Waals surface area contributed by atoms with E-state index in [1.165, 1.54) is 0 Å². The molecule has 0 heterocycles. The summed E-state index contributed by atoms with van der Waals surface area (Å²) >= 11 is 0. The van der Waals surface area contributed by atoms with Gasteiger partial charge >= 0.3 is 0 Å². The highest BCUT2D eigenvalue weighted by molar-refractivity contribution is 7.88. The number of sulfonamides is 1. The van der Waals surface area contributed by atoms with Crippen molar-refractivity contribution >= 4 is 15.9 Å². The molecule has 0 aliphatic carbocycles. The lowest BCUT2D eigenvalue weighted by molar-refractivity contribution is -0.122. The minimum atomic E-state index is -3.13. The Morgan fingerprint density at radius 1 is 1.41 bits per heavy atom. The molecule has 7 heteroatoms. The number of rotatable bonds is 8. The molecule has 1 unspecified atom stereocenters. The van der Waals surface area contributed by atoms with Crippen LogP contribution in [0.15, 0.2) is 0 Å². The molecule has 0 spiro atoms. The maximum absolute atomic E-state index is 11.3. The summed E-state index contributed by atoms with van der Waals surface area (Å²) in [6, 6.07) is -0.346.